The van der Waals surface area contributed by atoms with Crippen molar-refractivity contribution in [3.63, 3.8) is 0 Å². The van der Waals surface area contributed by atoms with Gasteiger partial charge in [0, 0.05) is 12.5 Å². The van der Waals surface area contributed by atoms with E-state index in [4.69, 9.17) is 4.74 Å². The van der Waals surface area contributed by atoms with Gasteiger partial charge in [-0.15, -0.1) is 0 Å². The van der Waals surface area contributed by atoms with Crippen molar-refractivity contribution in [1.82, 2.24) is 0 Å². The minimum Gasteiger partial charge on any atom is -0.489 e. The molecule has 0 aromatic heterocycles. The van der Waals surface area contributed by atoms with Crippen molar-refractivity contribution >= 4 is 33.5 Å². The van der Waals surface area contributed by atoms with Crippen molar-refractivity contribution in [3.05, 3.63) is 57.8 Å². The van der Waals surface area contributed by atoms with E-state index in [0.717, 1.165) is 0 Å². The summed E-state index contributed by atoms with van der Waals surface area (Å²) in [5, 5.41) is 11.8. The Kier molecular flexibility index (Phi) is 5.92. The molecule has 2 aromatic rings. The van der Waals surface area contributed by atoms with Gasteiger partial charge in [-0.1, -0.05) is 13.0 Å². The van der Waals surface area contributed by atoms with E-state index >= 15 is 0 Å². The summed E-state index contributed by atoms with van der Waals surface area (Å²) in [7, 11) is 0. The second kappa shape index (κ2) is 7.92. The topological polar surface area (TPSA) is 75.6 Å². The normalized spacial score (nSPS) is 10.3. The first kappa shape index (κ1) is 17.9. The molecule has 2 aromatic carbocycles. The fraction of sp³-hybridized carbons (Fsp3) is 0.176. The van der Waals surface area contributed by atoms with Crippen LogP contribution in [0.5, 0.6) is 5.75 Å². The van der Waals surface area contributed by atoms with Crippen LogP contribution in [-0.2, 0) is 11.4 Å². The number of carbonyl (C=O) groups is 2. The monoisotopic (exact) mass is 395 g/mol. The van der Waals surface area contributed by atoms with Crippen LogP contribution in [0.15, 0.2) is 40.9 Å². The molecule has 0 heterocycles. The van der Waals surface area contributed by atoms with Gasteiger partial charge >= 0.3 is 5.97 Å². The third-order valence-electron chi connectivity index (χ3n) is 3.21. The van der Waals surface area contributed by atoms with E-state index in [1.165, 1.54) is 24.3 Å². The lowest BCUT2D eigenvalue weighted by Crippen LogP contribution is -2.13. The van der Waals surface area contributed by atoms with Crippen molar-refractivity contribution < 1.29 is 23.8 Å². The molecule has 7 heteroatoms. The molecule has 0 spiro atoms. The fourth-order valence-electron chi connectivity index (χ4n) is 1.94. The first-order valence-corrected chi connectivity index (χ1v) is 7.94. The Hall–Kier alpha value is -2.41. The number of halogens is 2. The van der Waals surface area contributed by atoms with Gasteiger partial charge in [0.25, 0.3) is 0 Å². The minimum atomic E-state index is -1.15. The molecule has 0 saturated heterocycles. The molecular formula is C17H15BrFNO4. The first-order valence-electron chi connectivity index (χ1n) is 7.14. The maximum absolute atomic E-state index is 13.4. The summed E-state index contributed by atoms with van der Waals surface area (Å²) in [4.78, 5) is 22.8. The molecule has 1 amide bonds. The summed E-state index contributed by atoms with van der Waals surface area (Å²) < 4.78 is 19.2. The summed E-state index contributed by atoms with van der Waals surface area (Å²) >= 11 is 3.05. The van der Waals surface area contributed by atoms with Crippen molar-refractivity contribution in [2.24, 2.45) is 0 Å². The number of ether oxygens (including phenoxy) is 1. The Morgan fingerprint density at radius 2 is 2.00 bits per heavy atom. The largest absolute Gasteiger partial charge is 0.489 e. The summed E-state index contributed by atoms with van der Waals surface area (Å²) in [6.07, 6.45) is 0.249. The van der Waals surface area contributed by atoms with Crippen LogP contribution < -0.4 is 10.1 Å². The van der Waals surface area contributed by atoms with Crippen molar-refractivity contribution in [1.29, 1.82) is 0 Å². The number of rotatable bonds is 6. The molecule has 0 saturated carbocycles. The molecule has 0 fully saturated rings. The molecule has 24 heavy (non-hydrogen) atoms. The molecule has 2 N–H and O–H groups in total. The molecule has 0 bridgehead atoms. The van der Waals surface area contributed by atoms with Gasteiger partial charge < -0.3 is 15.2 Å². The Labute approximate surface area is 146 Å². The van der Waals surface area contributed by atoms with Crippen molar-refractivity contribution in [3.8, 4) is 5.75 Å². The highest BCUT2D eigenvalue weighted by Gasteiger charge is 2.13. The van der Waals surface area contributed by atoms with Gasteiger partial charge in [0.15, 0.2) is 0 Å². The van der Waals surface area contributed by atoms with Gasteiger partial charge in [0.1, 0.15) is 18.2 Å². The first-order chi connectivity index (χ1) is 11.4. The number of carbonyl (C=O) groups excluding carboxylic acids is 1. The third-order valence-corrected chi connectivity index (χ3v) is 3.85. The molecule has 0 radical (unpaired) electrons. The second-order valence-electron chi connectivity index (χ2n) is 4.95. The number of nitrogens with one attached hydrogen (secondary N) is 1. The number of hydrogen-bond acceptors (Lipinski definition) is 3. The quantitative estimate of drug-likeness (QED) is 0.767. The Balaban J connectivity index is 2.15. The molecule has 5 nitrogen and oxygen atoms in total. The second-order valence-corrected chi connectivity index (χ2v) is 5.81. The zero-order valence-corrected chi connectivity index (χ0v) is 14.4. The molecule has 2 rings (SSSR count). The van der Waals surface area contributed by atoms with Gasteiger partial charge in [-0.3, -0.25) is 4.79 Å². The molecule has 0 aliphatic heterocycles. The van der Waals surface area contributed by atoms with Gasteiger partial charge in [-0.25, -0.2) is 9.18 Å². The number of hydrogen-bond donors (Lipinski definition) is 2. The van der Waals surface area contributed by atoms with E-state index in [1.54, 1.807) is 19.1 Å². The van der Waals surface area contributed by atoms with Crippen LogP contribution in [0.2, 0.25) is 0 Å². The summed E-state index contributed by atoms with van der Waals surface area (Å²) in [5.41, 5.74) is 0.790. The van der Waals surface area contributed by atoms with Crippen LogP contribution in [0.25, 0.3) is 0 Å². The lowest BCUT2D eigenvalue weighted by atomic mass is 10.1. The third kappa shape index (κ3) is 4.55. The lowest BCUT2D eigenvalue weighted by Gasteiger charge is -2.11. The highest BCUT2D eigenvalue weighted by molar-refractivity contribution is 9.10. The maximum atomic E-state index is 13.4. The molecule has 0 aliphatic rings. The highest BCUT2D eigenvalue weighted by Crippen LogP contribution is 2.23. The zero-order chi connectivity index (χ0) is 17.7. The van der Waals surface area contributed by atoms with Crippen LogP contribution in [-0.4, -0.2) is 17.0 Å². The van der Waals surface area contributed by atoms with E-state index in [1.807, 2.05) is 0 Å². The molecule has 0 unspecified atom stereocenters. The van der Waals surface area contributed by atoms with E-state index < -0.39 is 11.8 Å². The Bertz CT molecular complexity index is 779. The summed E-state index contributed by atoms with van der Waals surface area (Å²) in [5.74, 6) is -1.54. The minimum absolute atomic E-state index is 0.0279. The number of carboxylic acids is 1. The van der Waals surface area contributed by atoms with E-state index in [0.29, 0.717) is 15.8 Å². The van der Waals surface area contributed by atoms with Crippen molar-refractivity contribution in [2.45, 2.75) is 20.0 Å². The average Bonchev–Trinajstić information content (AvgIpc) is 2.56. The Morgan fingerprint density at radius 3 is 2.62 bits per heavy atom. The highest BCUT2D eigenvalue weighted by atomic mass is 79.9. The van der Waals surface area contributed by atoms with E-state index in [2.05, 4.69) is 21.2 Å². The summed E-state index contributed by atoms with van der Waals surface area (Å²) in [6, 6.07) is 8.93. The maximum Gasteiger partial charge on any atom is 0.337 e. The molecule has 0 aliphatic carbocycles. The van der Waals surface area contributed by atoms with E-state index in [9.17, 15) is 19.1 Å². The lowest BCUT2D eigenvalue weighted by molar-refractivity contribution is -0.115. The number of aromatic carboxylic acids is 1. The van der Waals surface area contributed by atoms with Crippen LogP contribution in [0.3, 0.4) is 0 Å². The Morgan fingerprint density at radius 1 is 1.25 bits per heavy atom. The van der Waals surface area contributed by atoms with Gasteiger partial charge in [0.2, 0.25) is 5.91 Å². The SMILES string of the molecule is CCC(=O)Nc1ccc(COc2ccc(Br)c(F)c2)cc1C(=O)O. The van der Waals surface area contributed by atoms with Crippen LogP contribution in [0.1, 0.15) is 29.3 Å². The predicted molar refractivity (Wildman–Crippen MR) is 90.8 cm³/mol. The summed E-state index contributed by atoms with van der Waals surface area (Å²) in [6.45, 7) is 1.75. The van der Waals surface area contributed by atoms with Crippen LogP contribution in [0, 0.1) is 5.82 Å². The smallest absolute Gasteiger partial charge is 0.337 e. The fourth-order valence-corrected chi connectivity index (χ4v) is 2.19. The molecular weight excluding hydrogens is 381 g/mol. The zero-order valence-electron chi connectivity index (χ0n) is 12.8. The number of anilines is 1. The van der Waals surface area contributed by atoms with Crippen LogP contribution >= 0.6 is 15.9 Å². The standard InChI is InChI=1S/C17H15BrFNO4/c1-2-16(21)20-15-6-3-10(7-12(15)17(22)23)9-24-11-4-5-13(18)14(19)8-11/h3-8H,2,9H2,1H3,(H,20,21)(H,22,23). The average molecular weight is 396 g/mol. The predicted octanol–water partition coefficient (Wildman–Crippen LogP) is 4.21. The number of carboxylic acid groups (broad SMARTS) is 1. The van der Waals surface area contributed by atoms with Crippen LogP contribution in [0.4, 0.5) is 10.1 Å². The van der Waals surface area contributed by atoms with Crippen molar-refractivity contribution in [2.75, 3.05) is 5.32 Å². The van der Waals surface area contributed by atoms with Gasteiger partial charge in [-0.05, 0) is 45.8 Å². The number of amides is 1. The van der Waals surface area contributed by atoms with E-state index in [-0.39, 0.29) is 30.2 Å². The molecule has 0 atom stereocenters. The van der Waals surface area contributed by atoms with Gasteiger partial charge in [-0.2, -0.15) is 0 Å². The molecule has 126 valence electrons. The number of benzene rings is 2. The van der Waals surface area contributed by atoms with Gasteiger partial charge in [0.05, 0.1) is 15.7 Å².